The van der Waals surface area contributed by atoms with Crippen LogP contribution in [0.5, 0.6) is 0 Å². The van der Waals surface area contributed by atoms with E-state index in [9.17, 15) is 4.79 Å². The largest absolute Gasteiger partial charge is 0.402 e. The maximum atomic E-state index is 10.9. The molecule has 0 saturated heterocycles. The van der Waals surface area contributed by atoms with Crippen LogP contribution in [0, 0.1) is 5.92 Å². The van der Waals surface area contributed by atoms with Crippen molar-refractivity contribution in [2.75, 3.05) is 0 Å². The zero-order chi connectivity index (χ0) is 11.0. The average Bonchev–Trinajstić information content (AvgIpc) is 2.09. The zero-order valence-electron chi connectivity index (χ0n) is 9.25. The van der Waals surface area contributed by atoms with Crippen LogP contribution >= 0.6 is 0 Å². The Hall–Kier alpha value is -1.05. The number of carbonyl (C=O) groups excluding carboxylic acids is 1. The lowest BCUT2D eigenvalue weighted by molar-refractivity contribution is -0.117. The van der Waals surface area contributed by atoms with Gasteiger partial charge in [-0.15, -0.1) is 0 Å². The molecule has 0 aliphatic rings. The van der Waals surface area contributed by atoms with E-state index in [1.165, 1.54) is 0 Å². The summed E-state index contributed by atoms with van der Waals surface area (Å²) in [4.78, 5) is 10.9. The summed E-state index contributed by atoms with van der Waals surface area (Å²) >= 11 is 0. The van der Waals surface area contributed by atoms with E-state index in [0.29, 0.717) is 12.1 Å². The number of unbranched alkanes of at least 4 members (excludes halogenated alkanes) is 1. The van der Waals surface area contributed by atoms with Crippen molar-refractivity contribution in [2.24, 2.45) is 11.7 Å². The molecule has 2 N–H and O–H groups in total. The Morgan fingerprint density at radius 1 is 1.50 bits per heavy atom. The summed E-state index contributed by atoms with van der Waals surface area (Å²) in [6.45, 7) is 7.43. The molecule has 0 heterocycles. The molecule has 0 bridgehead atoms. The number of ketones is 1. The second kappa shape index (κ2) is 7.36. The van der Waals surface area contributed by atoms with Crippen LogP contribution in [0.2, 0.25) is 0 Å². The molecule has 0 amide bonds. The highest BCUT2D eigenvalue weighted by molar-refractivity contribution is 5.76. The second-order valence-electron chi connectivity index (χ2n) is 3.67. The summed E-state index contributed by atoms with van der Waals surface area (Å²) in [5.74, 6) is 0.283. The fourth-order valence-corrected chi connectivity index (χ4v) is 1.26. The maximum absolute atomic E-state index is 10.9. The van der Waals surface area contributed by atoms with Crippen LogP contribution < -0.4 is 5.73 Å². The van der Waals surface area contributed by atoms with Crippen molar-refractivity contribution < 1.29 is 4.79 Å². The fraction of sp³-hybridized carbons (Fsp3) is 0.583. The number of nitrogens with two attached hydrogens (primary N) is 1. The van der Waals surface area contributed by atoms with Gasteiger partial charge in [-0.05, 0) is 19.8 Å². The smallest absolute Gasteiger partial charge is 0.130 e. The van der Waals surface area contributed by atoms with E-state index in [-0.39, 0.29) is 11.7 Å². The lowest BCUT2D eigenvalue weighted by Gasteiger charge is -2.12. The highest BCUT2D eigenvalue weighted by Gasteiger charge is 2.10. The van der Waals surface area contributed by atoms with Crippen molar-refractivity contribution in [3.8, 4) is 0 Å². The molecule has 14 heavy (non-hydrogen) atoms. The van der Waals surface area contributed by atoms with Crippen LogP contribution in [0.15, 0.2) is 24.4 Å². The van der Waals surface area contributed by atoms with Gasteiger partial charge < -0.3 is 10.5 Å². The Bertz CT molecular complexity index is 218. The molecule has 0 aromatic carbocycles. The van der Waals surface area contributed by atoms with Gasteiger partial charge in [0.25, 0.3) is 0 Å². The molecular weight excluding hydrogens is 174 g/mol. The lowest BCUT2D eigenvalue weighted by atomic mass is 9.96. The molecule has 80 valence electrons. The Kier molecular flexibility index (Phi) is 6.81. The Morgan fingerprint density at radius 3 is 2.57 bits per heavy atom. The SMILES string of the molecule is C=C(N)C(C/C=C/CCC)CC(C)=O. The predicted molar refractivity (Wildman–Crippen MR) is 60.8 cm³/mol. The van der Waals surface area contributed by atoms with Crippen molar-refractivity contribution >= 4 is 5.78 Å². The van der Waals surface area contributed by atoms with E-state index in [2.05, 4.69) is 25.7 Å². The van der Waals surface area contributed by atoms with Gasteiger partial charge in [0.15, 0.2) is 0 Å². The van der Waals surface area contributed by atoms with Gasteiger partial charge in [0.1, 0.15) is 5.78 Å². The summed E-state index contributed by atoms with van der Waals surface area (Å²) in [6.07, 6.45) is 7.80. The summed E-state index contributed by atoms with van der Waals surface area (Å²) in [5, 5.41) is 0. The molecule has 0 saturated carbocycles. The molecule has 0 aromatic rings. The molecule has 1 atom stereocenters. The molecule has 0 fully saturated rings. The predicted octanol–water partition coefficient (Wildman–Crippen LogP) is 2.80. The van der Waals surface area contributed by atoms with Gasteiger partial charge in [0, 0.05) is 18.0 Å². The van der Waals surface area contributed by atoms with Gasteiger partial charge in [0.05, 0.1) is 0 Å². The van der Waals surface area contributed by atoms with E-state index in [4.69, 9.17) is 5.73 Å². The van der Waals surface area contributed by atoms with Crippen molar-refractivity contribution in [3.05, 3.63) is 24.4 Å². The Balaban J connectivity index is 3.97. The topological polar surface area (TPSA) is 43.1 Å². The molecule has 2 heteroatoms. The first-order chi connectivity index (χ1) is 6.57. The van der Waals surface area contributed by atoms with E-state index in [1.54, 1.807) is 6.92 Å². The number of Topliss-reactive ketones (excluding diaryl/α,β-unsaturated/α-hetero) is 1. The third-order valence-corrected chi connectivity index (χ3v) is 2.10. The van der Waals surface area contributed by atoms with Crippen LogP contribution in [0.1, 0.15) is 39.5 Å². The molecule has 2 nitrogen and oxygen atoms in total. The number of allylic oxidation sites excluding steroid dienone is 3. The first kappa shape index (κ1) is 12.9. The second-order valence-corrected chi connectivity index (χ2v) is 3.67. The first-order valence-electron chi connectivity index (χ1n) is 5.16. The maximum Gasteiger partial charge on any atom is 0.130 e. The van der Waals surface area contributed by atoms with Crippen LogP contribution in [-0.2, 0) is 4.79 Å². The third-order valence-electron chi connectivity index (χ3n) is 2.10. The normalized spacial score (nSPS) is 13.0. The highest BCUT2D eigenvalue weighted by atomic mass is 16.1. The molecule has 0 aliphatic heterocycles. The van der Waals surface area contributed by atoms with Crippen molar-refractivity contribution in [2.45, 2.75) is 39.5 Å². The standard InChI is InChI=1S/C12H21NO/c1-4-5-6-7-8-12(11(3)13)9-10(2)14/h6-7,12H,3-5,8-9,13H2,1-2H3/b7-6+. The average molecular weight is 195 g/mol. The van der Waals surface area contributed by atoms with Crippen LogP contribution in [0.3, 0.4) is 0 Å². The molecule has 0 aliphatic carbocycles. The number of hydrogen-bond acceptors (Lipinski definition) is 2. The van der Waals surface area contributed by atoms with Crippen molar-refractivity contribution in [1.29, 1.82) is 0 Å². The number of rotatable bonds is 7. The quantitative estimate of drug-likeness (QED) is 0.635. The van der Waals surface area contributed by atoms with E-state index in [1.807, 2.05) is 0 Å². The number of hydrogen-bond donors (Lipinski definition) is 1. The molecule has 0 radical (unpaired) electrons. The fourth-order valence-electron chi connectivity index (χ4n) is 1.26. The van der Waals surface area contributed by atoms with Gasteiger partial charge in [-0.3, -0.25) is 0 Å². The minimum Gasteiger partial charge on any atom is -0.402 e. The van der Waals surface area contributed by atoms with Gasteiger partial charge in [-0.1, -0.05) is 32.1 Å². The van der Waals surface area contributed by atoms with E-state index in [0.717, 1.165) is 19.3 Å². The summed E-state index contributed by atoms with van der Waals surface area (Å²) < 4.78 is 0. The molecule has 0 aromatic heterocycles. The molecule has 0 spiro atoms. The minimum atomic E-state index is 0.112. The first-order valence-corrected chi connectivity index (χ1v) is 5.16. The van der Waals surface area contributed by atoms with Gasteiger partial charge in [-0.25, -0.2) is 0 Å². The summed E-state index contributed by atoms with van der Waals surface area (Å²) in [7, 11) is 0. The highest BCUT2D eigenvalue weighted by Crippen LogP contribution is 2.15. The molecule has 1 unspecified atom stereocenters. The Morgan fingerprint density at radius 2 is 2.14 bits per heavy atom. The Labute approximate surface area is 86.9 Å². The monoisotopic (exact) mass is 195 g/mol. The van der Waals surface area contributed by atoms with Gasteiger partial charge >= 0.3 is 0 Å². The van der Waals surface area contributed by atoms with Crippen LogP contribution in [0.4, 0.5) is 0 Å². The van der Waals surface area contributed by atoms with Crippen molar-refractivity contribution in [1.82, 2.24) is 0 Å². The summed E-state index contributed by atoms with van der Waals surface area (Å²) in [6, 6.07) is 0. The summed E-state index contributed by atoms with van der Waals surface area (Å²) in [5.41, 5.74) is 6.23. The van der Waals surface area contributed by atoms with E-state index < -0.39 is 0 Å². The van der Waals surface area contributed by atoms with Crippen LogP contribution in [0.25, 0.3) is 0 Å². The third kappa shape index (κ3) is 6.46. The van der Waals surface area contributed by atoms with Gasteiger partial charge in [0.2, 0.25) is 0 Å². The molecular formula is C12H21NO. The number of carbonyl (C=O) groups is 1. The van der Waals surface area contributed by atoms with Crippen LogP contribution in [-0.4, -0.2) is 5.78 Å². The van der Waals surface area contributed by atoms with E-state index >= 15 is 0 Å². The zero-order valence-corrected chi connectivity index (χ0v) is 9.25. The lowest BCUT2D eigenvalue weighted by Crippen LogP contribution is -2.13. The van der Waals surface area contributed by atoms with Crippen molar-refractivity contribution in [3.63, 3.8) is 0 Å². The van der Waals surface area contributed by atoms with Gasteiger partial charge in [-0.2, -0.15) is 0 Å². The minimum absolute atomic E-state index is 0.112. The molecule has 0 rings (SSSR count).